The van der Waals surface area contributed by atoms with E-state index in [1.165, 1.54) is 7.11 Å². The predicted molar refractivity (Wildman–Crippen MR) is 111 cm³/mol. The van der Waals surface area contributed by atoms with Crippen LogP contribution in [0.25, 0.3) is 0 Å². The highest BCUT2D eigenvalue weighted by molar-refractivity contribution is 4.95. The third-order valence-corrected chi connectivity index (χ3v) is 6.54. The summed E-state index contributed by atoms with van der Waals surface area (Å²) in [5.74, 6) is 0. The summed E-state index contributed by atoms with van der Waals surface area (Å²) < 4.78 is 32.2. The fraction of sp³-hybridized carbons (Fsp3) is 1.00. The van der Waals surface area contributed by atoms with Gasteiger partial charge in [0.2, 0.25) is 0 Å². The lowest BCUT2D eigenvalue weighted by Crippen LogP contribution is -2.65. The maximum absolute atomic E-state index is 10.9. The molecule has 3 aliphatic heterocycles. The van der Waals surface area contributed by atoms with Crippen molar-refractivity contribution in [2.24, 2.45) is 0 Å². The van der Waals surface area contributed by atoms with Gasteiger partial charge in [-0.05, 0) is 0 Å². The van der Waals surface area contributed by atoms with E-state index in [9.17, 15) is 51.1 Å². The van der Waals surface area contributed by atoms with Crippen LogP contribution < -0.4 is 0 Å². The van der Waals surface area contributed by atoms with Gasteiger partial charge in [0.05, 0.1) is 25.9 Å². The summed E-state index contributed by atoms with van der Waals surface area (Å²) in [5, 5.41) is 101. The lowest BCUT2D eigenvalue weighted by atomic mass is 9.96. The maximum Gasteiger partial charge on any atom is 0.187 e. The maximum atomic E-state index is 10.9. The van der Waals surface area contributed by atoms with Gasteiger partial charge in [0, 0.05) is 13.5 Å². The monoisotopic (exact) mass is 532 g/mol. The first-order valence-corrected chi connectivity index (χ1v) is 11.5. The number of aliphatic hydroxyl groups excluding tert-OH is 10. The molecule has 0 aromatic heterocycles. The van der Waals surface area contributed by atoms with Crippen LogP contribution in [-0.4, -0.2) is 170 Å². The molecule has 0 aromatic carbocycles. The molecule has 0 amide bonds. The molecule has 3 fully saturated rings. The number of hydrogen-bond donors (Lipinski definition) is 10. The van der Waals surface area contributed by atoms with Crippen molar-refractivity contribution < 1.29 is 79.5 Å². The van der Waals surface area contributed by atoms with Crippen molar-refractivity contribution in [1.82, 2.24) is 0 Å². The van der Waals surface area contributed by atoms with Gasteiger partial charge in [-0.15, -0.1) is 0 Å². The number of methoxy groups -OCH3 is 1. The van der Waals surface area contributed by atoms with Crippen LogP contribution in [0.5, 0.6) is 0 Å². The Morgan fingerprint density at radius 1 is 0.583 bits per heavy atom. The Morgan fingerprint density at radius 3 is 1.64 bits per heavy atom. The molecule has 10 N–H and O–H groups in total. The molecule has 3 heterocycles. The molecule has 212 valence electrons. The third-order valence-electron chi connectivity index (χ3n) is 6.54. The molecule has 16 nitrogen and oxygen atoms in total. The fourth-order valence-corrected chi connectivity index (χ4v) is 4.40. The number of aliphatic hydroxyl groups is 10. The van der Waals surface area contributed by atoms with Crippen molar-refractivity contribution in [3.8, 4) is 0 Å². The highest BCUT2D eigenvalue weighted by Gasteiger charge is 2.52. The van der Waals surface area contributed by atoms with Gasteiger partial charge in [0.25, 0.3) is 0 Å². The van der Waals surface area contributed by atoms with Crippen molar-refractivity contribution in [2.75, 3.05) is 26.9 Å². The first-order valence-electron chi connectivity index (χ1n) is 11.5. The first kappa shape index (κ1) is 29.9. The van der Waals surface area contributed by atoms with Crippen molar-refractivity contribution in [3.63, 3.8) is 0 Å². The van der Waals surface area contributed by atoms with E-state index in [0.717, 1.165) is 0 Å². The smallest absolute Gasteiger partial charge is 0.187 e. The van der Waals surface area contributed by atoms with Crippen molar-refractivity contribution in [1.29, 1.82) is 0 Å². The zero-order chi connectivity index (χ0) is 26.7. The van der Waals surface area contributed by atoms with Crippen LogP contribution >= 0.6 is 0 Å². The summed E-state index contributed by atoms with van der Waals surface area (Å²) in [7, 11) is 1.25. The minimum absolute atomic E-state index is 0.284. The van der Waals surface area contributed by atoms with Gasteiger partial charge in [0.15, 0.2) is 18.9 Å². The van der Waals surface area contributed by atoms with Crippen molar-refractivity contribution in [3.05, 3.63) is 0 Å². The quantitative estimate of drug-likeness (QED) is 0.139. The van der Waals surface area contributed by atoms with Gasteiger partial charge >= 0.3 is 0 Å². The molecular weight excluding hydrogens is 496 g/mol. The second-order valence-electron chi connectivity index (χ2n) is 8.93. The van der Waals surface area contributed by atoms with Crippen LogP contribution in [0.1, 0.15) is 6.42 Å². The van der Waals surface area contributed by atoms with Crippen molar-refractivity contribution in [2.45, 2.75) is 98.5 Å². The van der Waals surface area contributed by atoms with Crippen LogP contribution in [0.2, 0.25) is 0 Å². The third kappa shape index (κ3) is 6.15. The molecule has 0 spiro atoms. The zero-order valence-corrected chi connectivity index (χ0v) is 19.4. The van der Waals surface area contributed by atoms with Crippen LogP contribution in [0, 0.1) is 0 Å². The Hall–Kier alpha value is -0.640. The molecule has 3 aliphatic rings. The van der Waals surface area contributed by atoms with E-state index in [4.69, 9.17) is 28.4 Å². The van der Waals surface area contributed by atoms with Crippen molar-refractivity contribution >= 4 is 0 Å². The lowest BCUT2D eigenvalue weighted by molar-refractivity contribution is -0.366. The number of rotatable bonds is 8. The second kappa shape index (κ2) is 12.9. The topological polar surface area (TPSA) is 258 Å². The Morgan fingerprint density at radius 2 is 1.08 bits per heavy atom. The van der Waals surface area contributed by atoms with Gasteiger partial charge in [-0.3, -0.25) is 0 Å². The summed E-state index contributed by atoms with van der Waals surface area (Å²) in [6, 6.07) is 0. The Labute approximate surface area is 205 Å². The Bertz CT molecular complexity index is 670. The molecule has 0 bridgehead atoms. The van der Waals surface area contributed by atoms with Gasteiger partial charge in [-0.25, -0.2) is 0 Å². The summed E-state index contributed by atoms with van der Waals surface area (Å²) in [6.07, 6.45) is -23.5. The van der Waals surface area contributed by atoms with E-state index < -0.39 is 112 Å². The summed E-state index contributed by atoms with van der Waals surface area (Å²) in [4.78, 5) is 0. The molecule has 36 heavy (non-hydrogen) atoms. The zero-order valence-electron chi connectivity index (χ0n) is 19.4. The highest BCUT2D eigenvalue weighted by atomic mass is 16.7. The molecule has 0 aliphatic carbocycles. The fourth-order valence-electron chi connectivity index (χ4n) is 4.40. The van der Waals surface area contributed by atoms with E-state index in [2.05, 4.69) is 0 Å². The van der Waals surface area contributed by atoms with Crippen LogP contribution in [0.3, 0.4) is 0 Å². The Kier molecular flexibility index (Phi) is 10.8. The number of ether oxygens (including phenoxy) is 6. The van der Waals surface area contributed by atoms with E-state index in [0.29, 0.717) is 0 Å². The SMILES string of the molecule is CO[C@@H]1OC(CO)[C@@H](O)C(O[C@@H]2OC(CO)[C@@H](O)C(O[C@@H]3OC(CO)[C@@H](O)C(O)C3O)C2O)CC1O. The van der Waals surface area contributed by atoms with Gasteiger partial charge < -0.3 is 79.5 Å². The summed E-state index contributed by atoms with van der Waals surface area (Å²) >= 11 is 0. The molecule has 15 atom stereocenters. The average molecular weight is 532 g/mol. The first-order chi connectivity index (χ1) is 17.1. The summed E-state index contributed by atoms with van der Waals surface area (Å²) in [6.45, 7) is -2.18. The number of hydrogen-bond acceptors (Lipinski definition) is 16. The van der Waals surface area contributed by atoms with Gasteiger partial charge in [-0.1, -0.05) is 0 Å². The average Bonchev–Trinajstić information content (AvgIpc) is 2.98. The van der Waals surface area contributed by atoms with Crippen LogP contribution in [0.15, 0.2) is 0 Å². The lowest BCUT2D eigenvalue weighted by Gasteiger charge is -2.46. The predicted octanol–water partition coefficient (Wildman–Crippen LogP) is -6.53. The molecular formula is C20H36O16. The molecule has 0 aromatic rings. The van der Waals surface area contributed by atoms with Gasteiger partial charge in [-0.2, -0.15) is 0 Å². The van der Waals surface area contributed by atoms with Gasteiger partial charge in [0.1, 0.15) is 67.1 Å². The van der Waals surface area contributed by atoms with Crippen LogP contribution in [-0.2, 0) is 28.4 Å². The highest BCUT2D eigenvalue weighted by Crippen LogP contribution is 2.32. The van der Waals surface area contributed by atoms with E-state index in [1.807, 2.05) is 0 Å². The molecule has 9 unspecified atom stereocenters. The molecule has 3 rings (SSSR count). The minimum Gasteiger partial charge on any atom is -0.394 e. The minimum atomic E-state index is -1.84. The summed E-state index contributed by atoms with van der Waals surface area (Å²) in [5.41, 5.74) is 0. The largest absolute Gasteiger partial charge is 0.394 e. The molecule has 3 saturated heterocycles. The van der Waals surface area contributed by atoms with E-state index in [1.54, 1.807) is 0 Å². The van der Waals surface area contributed by atoms with E-state index >= 15 is 0 Å². The second-order valence-corrected chi connectivity index (χ2v) is 8.93. The Balaban J connectivity index is 1.78. The van der Waals surface area contributed by atoms with E-state index in [-0.39, 0.29) is 6.42 Å². The standard InChI is InChI=1S/C20H36O16/c1-31-18-6(24)2-7(11(25)8(3-21)33-18)32-20-16(30)17(13(27)10(5-23)35-20)36-19-15(29)14(28)12(26)9(4-22)34-19/h6-30H,2-5H2,1H3/t6?,7?,8?,9?,10?,11-,12+,13+,14?,15?,16?,17?,18+,19-,20+/m0/s1. The normalized spacial score (nSPS) is 50.6. The molecule has 0 radical (unpaired) electrons. The molecule has 16 heteroatoms. The molecule has 0 saturated carbocycles. The van der Waals surface area contributed by atoms with Crippen LogP contribution in [0.4, 0.5) is 0 Å².